The third-order valence-electron chi connectivity index (χ3n) is 6.54. The molecule has 5 aliphatic rings. The number of likely N-dealkylation sites (tertiary alicyclic amines) is 1. The number of hydrogen-bond donors (Lipinski definition) is 1. The lowest BCUT2D eigenvalue weighted by atomic mass is 10.0. The molecule has 0 aromatic heterocycles. The van der Waals surface area contributed by atoms with Crippen molar-refractivity contribution in [3.63, 3.8) is 0 Å². The Balaban J connectivity index is 1.31. The van der Waals surface area contributed by atoms with Crippen LogP contribution >= 0.6 is 0 Å². The second kappa shape index (κ2) is 3.75. The maximum Gasteiger partial charge on any atom is 0.239 e. The van der Waals surface area contributed by atoms with Crippen molar-refractivity contribution in [1.82, 2.24) is 10.2 Å². The Morgan fingerprint density at radius 3 is 2.42 bits per heavy atom. The zero-order valence-corrected chi connectivity index (χ0v) is 11.6. The smallest absolute Gasteiger partial charge is 0.239 e. The minimum absolute atomic E-state index is 0.153. The molecule has 1 amide bonds. The molecule has 19 heavy (non-hydrogen) atoms. The Morgan fingerprint density at radius 2 is 1.74 bits per heavy atom. The molecule has 5 unspecified atom stereocenters. The quantitative estimate of drug-likeness (QED) is 0.839. The van der Waals surface area contributed by atoms with E-state index in [1.165, 1.54) is 38.5 Å². The van der Waals surface area contributed by atoms with Gasteiger partial charge in [0.15, 0.2) is 0 Å². The average Bonchev–Trinajstić information content (AvgIpc) is 3.31. The van der Waals surface area contributed by atoms with Crippen molar-refractivity contribution in [2.75, 3.05) is 6.54 Å². The molecule has 1 aliphatic heterocycles. The Morgan fingerprint density at radius 1 is 1.00 bits per heavy atom. The third kappa shape index (κ3) is 1.57. The first kappa shape index (κ1) is 11.1. The molecule has 0 radical (unpaired) electrons. The molecule has 3 nitrogen and oxygen atoms in total. The summed E-state index contributed by atoms with van der Waals surface area (Å²) in [5.74, 6) is 4.20. The van der Waals surface area contributed by atoms with Crippen LogP contribution in [0.2, 0.25) is 0 Å². The van der Waals surface area contributed by atoms with Crippen LogP contribution in [-0.2, 0) is 4.79 Å². The molecule has 1 N–H and O–H groups in total. The Labute approximate surface area is 115 Å². The van der Waals surface area contributed by atoms with E-state index in [1.807, 2.05) is 0 Å². The summed E-state index contributed by atoms with van der Waals surface area (Å²) in [4.78, 5) is 15.0. The molecule has 104 valence electrons. The third-order valence-corrected chi connectivity index (χ3v) is 6.54. The lowest BCUT2D eigenvalue weighted by Crippen LogP contribution is -2.53. The number of nitrogens with one attached hydrogen (secondary N) is 1. The first-order chi connectivity index (χ1) is 9.33. The fraction of sp³-hybridized carbons (Fsp3) is 0.938. The lowest BCUT2D eigenvalue weighted by Gasteiger charge is -2.34. The van der Waals surface area contributed by atoms with Gasteiger partial charge >= 0.3 is 0 Å². The van der Waals surface area contributed by atoms with Gasteiger partial charge in [0.05, 0.1) is 6.04 Å². The van der Waals surface area contributed by atoms with E-state index >= 15 is 0 Å². The second-order valence-electron chi connectivity index (χ2n) is 7.65. The molecule has 5 rings (SSSR count). The van der Waals surface area contributed by atoms with Crippen LogP contribution in [0.15, 0.2) is 0 Å². The lowest BCUT2D eigenvalue weighted by molar-refractivity contribution is -0.137. The van der Waals surface area contributed by atoms with Gasteiger partial charge in [0.25, 0.3) is 0 Å². The van der Waals surface area contributed by atoms with Crippen molar-refractivity contribution in [3.8, 4) is 0 Å². The minimum Gasteiger partial charge on any atom is -0.338 e. The number of carbonyl (C=O) groups excluding carboxylic acids is 1. The summed E-state index contributed by atoms with van der Waals surface area (Å²) in [6.07, 6.45) is 9.23. The minimum atomic E-state index is 0.153. The number of rotatable bonds is 3. The number of nitrogens with zero attached hydrogens (tertiary/aromatic N) is 1. The molecule has 3 heteroatoms. The van der Waals surface area contributed by atoms with Gasteiger partial charge in [-0.05, 0) is 68.6 Å². The van der Waals surface area contributed by atoms with Gasteiger partial charge in [-0.15, -0.1) is 0 Å². The molecule has 0 spiro atoms. The average molecular weight is 260 g/mol. The van der Waals surface area contributed by atoms with Crippen molar-refractivity contribution in [3.05, 3.63) is 0 Å². The molecule has 1 saturated heterocycles. The predicted molar refractivity (Wildman–Crippen MR) is 72.5 cm³/mol. The van der Waals surface area contributed by atoms with Crippen LogP contribution in [0.25, 0.3) is 0 Å². The van der Waals surface area contributed by atoms with Gasteiger partial charge in [-0.1, -0.05) is 0 Å². The molecule has 5 atom stereocenters. The predicted octanol–water partition coefficient (Wildman–Crippen LogP) is 1.77. The normalized spacial score (nSPS) is 51.6. The maximum absolute atomic E-state index is 12.7. The fourth-order valence-corrected chi connectivity index (χ4v) is 5.58. The maximum atomic E-state index is 12.7. The first-order valence-corrected chi connectivity index (χ1v) is 8.39. The van der Waals surface area contributed by atoms with Crippen molar-refractivity contribution in [2.24, 2.45) is 23.7 Å². The van der Waals surface area contributed by atoms with E-state index in [0.717, 1.165) is 36.6 Å². The van der Waals surface area contributed by atoms with Gasteiger partial charge in [0.2, 0.25) is 5.91 Å². The van der Waals surface area contributed by atoms with Crippen molar-refractivity contribution < 1.29 is 4.79 Å². The van der Waals surface area contributed by atoms with E-state index in [1.54, 1.807) is 0 Å². The molecule has 2 bridgehead atoms. The summed E-state index contributed by atoms with van der Waals surface area (Å²) in [7, 11) is 0. The molecule has 0 aromatic rings. The topological polar surface area (TPSA) is 32.3 Å². The Kier molecular flexibility index (Phi) is 2.20. The summed E-state index contributed by atoms with van der Waals surface area (Å²) in [5.41, 5.74) is 0. The molecule has 0 aromatic carbocycles. The van der Waals surface area contributed by atoms with Crippen molar-refractivity contribution in [1.29, 1.82) is 0 Å². The van der Waals surface area contributed by atoms with E-state index in [0.29, 0.717) is 18.0 Å². The van der Waals surface area contributed by atoms with Crippen LogP contribution in [0.3, 0.4) is 0 Å². The second-order valence-corrected chi connectivity index (χ2v) is 7.65. The summed E-state index contributed by atoms with van der Waals surface area (Å²) < 4.78 is 0. The standard InChI is InChI=1S/C16H24N2O/c19-16-12(17-11-5-6-11)2-1-7-18(16)15-13-9-3-4-10(8-9)14(13)15/h9-15,17H,1-8H2. The molecule has 4 saturated carbocycles. The monoisotopic (exact) mass is 260 g/mol. The van der Waals surface area contributed by atoms with Crippen molar-refractivity contribution >= 4 is 5.91 Å². The van der Waals surface area contributed by atoms with E-state index in [2.05, 4.69) is 10.2 Å². The van der Waals surface area contributed by atoms with E-state index < -0.39 is 0 Å². The number of fused-ring (bicyclic) bond motifs is 5. The number of piperidine rings is 1. The van der Waals surface area contributed by atoms with Crippen LogP contribution in [0.1, 0.15) is 44.9 Å². The van der Waals surface area contributed by atoms with Crippen LogP contribution in [0.4, 0.5) is 0 Å². The van der Waals surface area contributed by atoms with Gasteiger partial charge < -0.3 is 10.2 Å². The van der Waals surface area contributed by atoms with E-state index in [-0.39, 0.29) is 6.04 Å². The molecular weight excluding hydrogens is 236 g/mol. The zero-order valence-electron chi connectivity index (χ0n) is 11.6. The first-order valence-electron chi connectivity index (χ1n) is 8.39. The van der Waals surface area contributed by atoms with Crippen molar-refractivity contribution in [2.45, 2.75) is 63.1 Å². The molecule has 5 fully saturated rings. The van der Waals surface area contributed by atoms with Gasteiger partial charge in [-0.3, -0.25) is 4.79 Å². The van der Waals surface area contributed by atoms with E-state index in [4.69, 9.17) is 0 Å². The van der Waals surface area contributed by atoms with Crippen LogP contribution in [0.5, 0.6) is 0 Å². The van der Waals surface area contributed by atoms with Gasteiger partial charge in [-0.2, -0.15) is 0 Å². The highest BCUT2D eigenvalue weighted by Gasteiger charge is 2.67. The molecule has 4 aliphatic carbocycles. The SMILES string of the molecule is O=C1C(NC2CC2)CCCN1C1C2C3CCC(C3)C21. The van der Waals surface area contributed by atoms with E-state index in [9.17, 15) is 4.79 Å². The van der Waals surface area contributed by atoms with Crippen LogP contribution < -0.4 is 5.32 Å². The summed E-state index contributed by atoms with van der Waals surface area (Å²) >= 11 is 0. The number of amides is 1. The highest BCUT2D eigenvalue weighted by atomic mass is 16.2. The van der Waals surface area contributed by atoms with Crippen LogP contribution in [-0.4, -0.2) is 35.5 Å². The van der Waals surface area contributed by atoms with Gasteiger partial charge in [0.1, 0.15) is 0 Å². The Bertz CT molecular complexity index is 403. The highest BCUT2D eigenvalue weighted by Crippen LogP contribution is 2.67. The Hall–Kier alpha value is -0.570. The van der Waals surface area contributed by atoms with Gasteiger partial charge in [0, 0.05) is 18.6 Å². The summed E-state index contributed by atoms with van der Waals surface area (Å²) in [5, 5.41) is 3.57. The zero-order chi connectivity index (χ0) is 12.6. The number of hydrogen-bond acceptors (Lipinski definition) is 2. The largest absolute Gasteiger partial charge is 0.338 e. The van der Waals surface area contributed by atoms with Crippen LogP contribution in [0, 0.1) is 23.7 Å². The fourth-order valence-electron chi connectivity index (χ4n) is 5.58. The summed E-state index contributed by atoms with van der Waals surface area (Å²) in [6.45, 7) is 1.04. The summed E-state index contributed by atoms with van der Waals surface area (Å²) in [6, 6.07) is 1.46. The highest BCUT2D eigenvalue weighted by molar-refractivity contribution is 5.83. The number of carbonyl (C=O) groups is 1. The molecule has 1 heterocycles. The van der Waals surface area contributed by atoms with Gasteiger partial charge in [-0.25, -0.2) is 0 Å². The molecular formula is C16H24N2O.